The zero-order valence-electron chi connectivity index (χ0n) is 13.5. The number of benzene rings is 2. The summed E-state index contributed by atoms with van der Waals surface area (Å²) in [4.78, 5) is 24.4. The van der Waals surface area contributed by atoms with Gasteiger partial charge in [0.2, 0.25) is 5.41 Å². The molecular weight excluding hydrogens is 308 g/mol. The first-order chi connectivity index (χ1) is 11.5. The summed E-state index contributed by atoms with van der Waals surface area (Å²) < 4.78 is 5.20. The molecule has 1 unspecified atom stereocenters. The molecule has 2 rings (SSSR count). The Kier molecular flexibility index (Phi) is 5.36. The fourth-order valence-electron chi connectivity index (χ4n) is 3.12. The van der Waals surface area contributed by atoms with E-state index in [-0.39, 0.29) is 0 Å². The Hall–Kier alpha value is -2.66. The molecule has 24 heavy (non-hydrogen) atoms. The Morgan fingerprint density at radius 1 is 0.875 bits per heavy atom. The summed E-state index contributed by atoms with van der Waals surface area (Å²) in [6, 6.07) is 17.6. The number of methoxy groups -OCH3 is 1. The third-order valence-electron chi connectivity index (χ3n) is 4.42. The monoisotopic (exact) mass is 328 g/mol. The van der Waals surface area contributed by atoms with Gasteiger partial charge in [0.25, 0.3) is 0 Å². The van der Waals surface area contributed by atoms with Crippen LogP contribution in [0.15, 0.2) is 60.7 Å². The Labute approximate surface area is 140 Å². The zero-order chi connectivity index (χ0) is 17.7. The lowest BCUT2D eigenvalue weighted by atomic mass is 9.65. The van der Waals surface area contributed by atoms with Gasteiger partial charge in [-0.25, -0.2) is 0 Å². The summed E-state index contributed by atoms with van der Waals surface area (Å²) >= 11 is 0. The van der Waals surface area contributed by atoms with Crippen molar-refractivity contribution in [2.75, 3.05) is 7.11 Å². The van der Waals surface area contributed by atoms with Crippen LogP contribution in [0.4, 0.5) is 0 Å². The average molecular weight is 328 g/mol. The first kappa shape index (κ1) is 17.7. The highest BCUT2D eigenvalue weighted by molar-refractivity contribution is 6.01. The fourth-order valence-corrected chi connectivity index (χ4v) is 3.12. The second-order valence-electron chi connectivity index (χ2n) is 5.61. The highest BCUT2D eigenvalue weighted by Gasteiger charge is 2.58. The van der Waals surface area contributed by atoms with Gasteiger partial charge in [0.05, 0.1) is 6.10 Å². The second kappa shape index (κ2) is 7.27. The lowest BCUT2D eigenvalue weighted by Gasteiger charge is -2.38. The lowest BCUT2D eigenvalue weighted by Crippen LogP contribution is -2.53. The number of carboxylic acid groups (broad SMARTS) is 2. The number of hydrogen-bond acceptors (Lipinski definition) is 3. The molecule has 0 aliphatic rings. The number of carbonyl (C=O) groups is 2. The zero-order valence-corrected chi connectivity index (χ0v) is 13.5. The molecule has 0 heterocycles. The third-order valence-corrected chi connectivity index (χ3v) is 4.42. The molecule has 0 aliphatic carbocycles. The molecule has 2 N–H and O–H groups in total. The van der Waals surface area contributed by atoms with Gasteiger partial charge in [-0.3, -0.25) is 9.59 Å². The molecule has 0 saturated heterocycles. The van der Waals surface area contributed by atoms with E-state index in [1.54, 1.807) is 60.7 Å². The van der Waals surface area contributed by atoms with Gasteiger partial charge in [-0.1, -0.05) is 60.7 Å². The molecule has 5 nitrogen and oxygen atoms in total. The second-order valence-corrected chi connectivity index (χ2v) is 5.61. The van der Waals surface area contributed by atoms with Crippen LogP contribution in [0.1, 0.15) is 24.0 Å². The molecule has 126 valence electrons. The van der Waals surface area contributed by atoms with Gasteiger partial charge >= 0.3 is 11.9 Å². The normalized spacial score (nSPS) is 12.8. The van der Waals surface area contributed by atoms with E-state index in [0.29, 0.717) is 11.1 Å². The molecule has 0 amide bonds. The topological polar surface area (TPSA) is 83.8 Å². The van der Waals surface area contributed by atoms with E-state index in [0.717, 1.165) is 0 Å². The van der Waals surface area contributed by atoms with E-state index >= 15 is 0 Å². The molecule has 0 saturated carbocycles. The quantitative estimate of drug-likeness (QED) is 0.763. The molecule has 0 spiro atoms. The lowest BCUT2D eigenvalue weighted by molar-refractivity contribution is -0.176. The number of hydrogen-bond donors (Lipinski definition) is 2. The van der Waals surface area contributed by atoms with E-state index in [9.17, 15) is 19.8 Å². The van der Waals surface area contributed by atoms with Crippen molar-refractivity contribution in [3.05, 3.63) is 71.8 Å². The van der Waals surface area contributed by atoms with Crippen LogP contribution in [0.2, 0.25) is 0 Å². The minimum atomic E-state index is -2.16. The van der Waals surface area contributed by atoms with Gasteiger partial charge in [-0.05, 0) is 18.1 Å². The first-order valence-corrected chi connectivity index (χ1v) is 7.55. The molecule has 1 atom stereocenters. The van der Waals surface area contributed by atoms with Crippen molar-refractivity contribution in [3.63, 3.8) is 0 Å². The highest BCUT2D eigenvalue weighted by Crippen LogP contribution is 2.45. The minimum Gasteiger partial charge on any atom is -0.480 e. The number of ether oxygens (including phenoxy) is 1. The van der Waals surface area contributed by atoms with Crippen LogP contribution in [0, 0.1) is 5.41 Å². The molecule has 2 aromatic carbocycles. The summed E-state index contributed by atoms with van der Waals surface area (Å²) in [6.07, 6.45) is -1.04. The van der Waals surface area contributed by atoms with Crippen LogP contribution in [-0.4, -0.2) is 35.4 Å². The minimum absolute atomic E-state index is 0.609. The highest BCUT2D eigenvalue weighted by atomic mass is 16.5. The van der Waals surface area contributed by atoms with Gasteiger partial charge < -0.3 is 14.9 Å². The van der Waals surface area contributed by atoms with E-state index in [1.807, 2.05) is 0 Å². The maximum atomic E-state index is 12.2. The molecule has 2 aromatic rings. The number of rotatable bonds is 7. The number of carboxylic acids is 2. The summed E-state index contributed by atoms with van der Waals surface area (Å²) in [6.45, 7) is 1.47. The van der Waals surface area contributed by atoms with Crippen molar-refractivity contribution in [1.82, 2.24) is 0 Å². The van der Waals surface area contributed by atoms with E-state index < -0.39 is 29.4 Å². The van der Waals surface area contributed by atoms with Gasteiger partial charge in [-0.2, -0.15) is 0 Å². The summed E-state index contributed by atoms with van der Waals surface area (Å²) in [5, 5.41) is 19.9. The Morgan fingerprint density at radius 3 is 1.54 bits per heavy atom. The van der Waals surface area contributed by atoms with E-state index in [4.69, 9.17) is 4.74 Å². The van der Waals surface area contributed by atoms with Gasteiger partial charge in [0.15, 0.2) is 0 Å². The van der Waals surface area contributed by atoms with E-state index in [1.165, 1.54) is 14.0 Å². The predicted octanol–water partition coefficient (Wildman–Crippen LogP) is 3.01. The van der Waals surface area contributed by atoms with Gasteiger partial charge in [0, 0.05) is 13.0 Å². The molecular formula is C19H20O5. The third kappa shape index (κ3) is 2.90. The van der Waals surface area contributed by atoms with Crippen LogP contribution in [0.25, 0.3) is 0 Å². The molecule has 0 aromatic heterocycles. The van der Waals surface area contributed by atoms with Crippen LogP contribution in [0.5, 0.6) is 0 Å². The van der Waals surface area contributed by atoms with E-state index in [2.05, 4.69) is 0 Å². The van der Waals surface area contributed by atoms with Crippen LogP contribution in [-0.2, 0) is 14.3 Å². The van der Waals surface area contributed by atoms with Gasteiger partial charge in [0.1, 0.15) is 0 Å². The van der Waals surface area contributed by atoms with Crippen molar-refractivity contribution >= 4 is 11.9 Å². The standard InChI is InChI=1S/C19H20O5/c1-13(24-2)19(17(20)21,18(22)23)16(14-9-5-3-6-10-14)15-11-7-4-8-12-15/h3-13,16H,1-2H3,(H,20,21)(H,22,23). The number of aliphatic carboxylic acids is 2. The SMILES string of the molecule is COC(C)C(C(=O)O)(C(=O)O)C(c1ccccc1)c1ccccc1. The molecule has 5 heteroatoms. The maximum Gasteiger partial charge on any atom is 0.324 e. The molecule has 0 fully saturated rings. The molecule has 0 radical (unpaired) electrons. The Morgan fingerprint density at radius 2 is 1.25 bits per heavy atom. The first-order valence-electron chi connectivity index (χ1n) is 7.55. The predicted molar refractivity (Wildman–Crippen MR) is 88.9 cm³/mol. The summed E-state index contributed by atoms with van der Waals surface area (Å²) in [5.41, 5.74) is -0.938. The Balaban J connectivity index is 2.80. The van der Waals surface area contributed by atoms with Crippen molar-refractivity contribution in [2.45, 2.75) is 18.9 Å². The van der Waals surface area contributed by atoms with Crippen LogP contribution >= 0.6 is 0 Å². The van der Waals surface area contributed by atoms with Crippen molar-refractivity contribution in [3.8, 4) is 0 Å². The Bertz CT molecular complexity index is 643. The fraction of sp³-hybridized carbons (Fsp3) is 0.263. The van der Waals surface area contributed by atoms with Crippen molar-refractivity contribution in [2.24, 2.45) is 5.41 Å². The van der Waals surface area contributed by atoms with Crippen molar-refractivity contribution in [1.29, 1.82) is 0 Å². The average Bonchev–Trinajstić information content (AvgIpc) is 2.59. The molecule has 0 bridgehead atoms. The largest absolute Gasteiger partial charge is 0.480 e. The van der Waals surface area contributed by atoms with Crippen LogP contribution < -0.4 is 0 Å². The smallest absolute Gasteiger partial charge is 0.324 e. The van der Waals surface area contributed by atoms with Crippen molar-refractivity contribution < 1.29 is 24.5 Å². The summed E-state index contributed by atoms with van der Waals surface area (Å²) in [7, 11) is 1.32. The van der Waals surface area contributed by atoms with Gasteiger partial charge in [-0.15, -0.1) is 0 Å². The summed E-state index contributed by atoms with van der Waals surface area (Å²) in [5.74, 6) is -3.76. The van der Waals surface area contributed by atoms with Crippen LogP contribution in [0.3, 0.4) is 0 Å². The maximum absolute atomic E-state index is 12.2. The molecule has 0 aliphatic heterocycles.